The van der Waals surface area contributed by atoms with Crippen molar-refractivity contribution in [3.63, 3.8) is 0 Å². The van der Waals surface area contributed by atoms with E-state index >= 15 is 0 Å². The third-order valence-electron chi connectivity index (χ3n) is 5.92. The highest BCUT2D eigenvalue weighted by Gasteiger charge is 2.28. The van der Waals surface area contributed by atoms with Crippen molar-refractivity contribution in [2.75, 3.05) is 31.6 Å². The molecule has 6 heteroatoms. The fourth-order valence-corrected chi connectivity index (χ4v) is 4.38. The molecule has 0 aliphatic carbocycles. The summed E-state index contributed by atoms with van der Waals surface area (Å²) < 4.78 is 0. The maximum absolute atomic E-state index is 10.4. The number of hydrogen-bond acceptors (Lipinski definition) is 5. The molecule has 31 heavy (non-hydrogen) atoms. The van der Waals surface area contributed by atoms with Gasteiger partial charge in [-0.3, -0.25) is 4.90 Å². The van der Waals surface area contributed by atoms with E-state index in [-0.39, 0.29) is 11.8 Å². The van der Waals surface area contributed by atoms with Gasteiger partial charge < -0.3 is 10.0 Å². The predicted molar refractivity (Wildman–Crippen MR) is 126 cm³/mol. The van der Waals surface area contributed by atoms with Crippen LogP contribution in [0, 0.1) is 0 Å². The molecule has 2 heterocycles. The van der Waals surface area contributed by atoms with Crippen LogP contribution in [0.3, 0.4) is 0 Å². The van der Waals surface area contributed by atoms with Crippen molar-refractivity contribution in [2.45, 2.75) is 6.04 Å². The van der Waals surface area contributed by atoms with Gasteiger partial charge in [-0.25, -0.2) is 9.97 Å². The Morgan fingerprint density at radius 3 is 2.52 bits per heavy atom. The van der Waals surface area contributed by atoms with E-state index in [0.29, 0.717) is 16.4 Å². The van der Waals surface area contributed by atoms with Crippen molar-refractivity contribution in [2.24, 2.45) is 0 Å². The molecule has 1 unspecified atom stereocenters. The number of phenolic OH excluding ortho intramolecular Hbond substituents is 1. The molecule has 0 bridgehead atoms. The van der Waals surface area contributed by atoms with Crippen LogP contribution in [0.25, 0.3) is 22.3 Å². The molecule has 1 fully saturated rings. The second-order valence-corrected chi connectivity index (χ2v) is 8.34. The van der Waals surface area contributed by atoms with Gasteiger partial charge in [0.25, 0.3) is 0 Å². The fourth-order valence-electron chi connectivity index (χ4n) is 4.21. The molecule has 0 saturated carbocycles. The number of halogens is 1. The molecule has 1 N–H and O–H groups in total. The number of aromatic nitrogens is 2. The first-order chi connectivity index (χ1) is 15.1. The fraction of sp³-hybridized carbons (Fsp3) is 0.200. The maximum atomic E-state index is 10.4. The van der Waals surface area contributed by atoms with Gasteiger partial charge in [0, 0.05) is 30.0 Å². The van der Waals surface area contributed by atoms with Crippen LogP contribution in [-0.2, 0) is 0 Å². The highest BCUT2D eigenvalue weighted by atomic mass is 35.5. The van der Waals surface area contributed by atoms with E-state index in [1.54, 1.807) is 12.1 Å². The van der Waals surface area contributed by atoms with Gasteiger partial charge >= 0.3 is 0 Å². The Balaban J connectivity index is 1.62. The number of aromatic hydroxyl groups is 1. The Labute approximate surface area is 186 Å². The first-order valence-corrected chi connectivity index (χ1v) is 10.7. The summed E-state index contributed by atoms with van der Waals surface area (Å²) >= 11 is 6.28. The monoisotopic (exact) mass is 430 g/mol. The van der Waals surface area contributed by atoms with Crippen molar-refractivity contribution in [1.29, 1.82) is 0 Å². The van der Waals surface area contributed by atoms with Crippen molar-refractivity contribution in [3.8, 4) is 17.1 Å². The lowest BCUT2D eigenvalue weighted by atomic mass is 10.0. The van der Waals surface area contributed by atoms with Crippen LogP contribution in [0.15, 0.2) is 72.8 Å². The molecule has 1 aliphatic rings. The zero-order chi connectivity index (χ0) is 21.4. The summed E-state index contributed by atoms with van der Waals surface area (Å²) in [5, 5.41) is 12.0. The van der Waals surface area contributed by atoms with E-state index in [1.807, 2.05) is 36.4 Å². The maximum Gasteiger partial charge on any atom is 0.165 e. The molecule has 5 rings (SSSR count). The number of anilines is 1. The highest BCUT2D eigenvalue weighted by Crippen LogP contribution is 2.35. The second-order valence-electron chi connectivity index (χ2n) is 7.90. The number of para-hydroxylation sites is 1. The third kappa shape index (κ3) is 3.82. The van der Waals surface area contributed by atoms with E-state index in [2.05, 4.69) is 41.1 Å². The Morgan fingerprint density at radius 2 is 1.71 bits per heavy atom. The van der Waals surface area contributed by atoms with E-state index < -0.39 is 0 Å². The number of rotatable bonds is 3. The smallest absolute Gasteiger partial charge is 0.165 e. The lowest BCUT2D eigenvalue weighted by Crippen LogP contribution is -2.47. The lowest BCUT2D eigenvalue weighted by Gasteiger charge is -2.40. The number of hydrogen-bond donors (Lipinski definition) is 1. The molecule has 4 aromatic rings. The van der Waals surface area contributed by atoms with Crippen molar-refractivity contribution < 1.29 is 5.11 Å². The summed E-state index contributed by atoms with van der Waals surface area (Å²) in [7, 11) is 2.17. The van der Waals surface area contributed by atoms with Gasteiger partial charge in [0.1, 0.15) is 11.6 Å². The number of likely N-dealkylation sites (N-methyl/N-ethyl adjacent to an activating group) is 1. The van der Waals surface area contributed by atoms with Crippen LogP contribution in [0.2, 0.25) is 5.02 Å². The standard InChI is InChI=1S/C25H23ClN4O/c1-29-13-14-30(16-22(29)17-7-3-2-4-8-17)25-19-12-11-18(26)15-21(19)27-24(28-25)20-9-5-6-10-23(20)31/h2-12,15,22,31H,13-14,16H2,1H3. The molecule has 0 spiro atoms. The zero-order valence-corrected chi connectivity index (χ0v) is 18.0. The minimum absolute atomic E-state index is 0.162. The van der Waals surface area contributed by atoms with Crippen molar-refractivity contribution in [3.05, 3.63) is 83.4 Å². The van der Waals surface area contributed by atoms with Crippen LogP contribution < -0.4 is 4.90 Å². The lowest BCUT2D eigenvalue weighted by molar-refractivity contribution is 0.221. The van der Waals surface area contributed by atoms with E-state index in [1.165, 1.54) is 5.56 Å². The van der Waals surface area contributed by atoms with Gasteiger partial charge in [0.2, 0.25) is 0 Å². The Morgan fingerprint density at radius 1 is 0.935 bits per heavy atom. The normalized spacial score (nSPS) is 17.2. The first kappa shape index (κ1) is 19.8. The Bertz CT molecular complexity index is 1230. The number of phenols is 1. The Kier molecular flexibility index (Phi) is 5.22. The molecular weight excluding hydrogens is 408 g/mol. The summed E-state index contributed by atoms with van der Waals surface area (Å²) in [5.41, 5.74) is 2.67. The summed E-state index contributed by atoms with van der Waals surface area (Å²) in [5.74, 6) is 1.53. The van der Waals surface area contributed by atoms with Gasteiger partial charge in [0.15, 0.2) is 5.82 Å². The van der Waals surface area contributed by atoms with Gasteiger partial charge in [-0.15, -0.1) is 0 Å². The number of fused-ring (bicyclic) bond motifs is 1. The second kappa shape index (κ2) is 8.17. The summed E-state index contributed by atoms with van der Waals surface area (Å²) in [6.07, 6.45) is 0. The topological polar surface area (TPSA) is 52.5 Å². The van der Waals surface area contributed by atoms with Crippen LogP contribution in [0.1, 0.15) is 11.6 Å². The quantitative estimate of drug-likeness (QED) is 0.487. The Hall–Kier alpha value is -3.15. The van der Waals surface area contributed by atoms with Crippen LogP contribution in [-0.4, -0.2) is 46.7 Å². The van der Waals surface area contributed by atoms with Crippen LogP contribution in [0.4, 0.5) is 5.82 Å². The molecule has 1 saturated heterocycles. The average molecular weight is 431 g/mol. The summed E-state index contributed by atoms with van der Waals surface area (Å²) in [6, 6.07) is 23.7. The zero-order valence-electron chi connectivity index (χ0n) is 17.2. The molecule has 156 valence electrons. The summed E-state index contributed by atoms with van der Waals surface area (Å²) in [6.45, 7) is 2.59. The minimum atomic E-state index is 0.162. The van der Waals surface area contributed by atoms with Gasteiger partial charge in [0.05, 0.1) is 17.1 Å². The molecule has 0 radical (unpaired) electrons. The van der Waals surface area contributed by atoms with Crippen molar-refractivity contribution >= 4 is 28.3 Å². The molecule has 3 aromatic carbocycles. The summed E-state index contributed by atoms with van der Waals surface area (Å²) in [4.78, 5) is 14.4. The third-order valence-corrected chi connectivity index (χ3v) is 6.15. The van der Waals surface area contributed by atoms with Gasteiger partial charge in [-0.2, -0.15) is 0 Å². The molecule has 5 nitrogen and oxygen atoms in total. The SMILES string of the molecule is CN1CCN(c2nc(-c3ccccc3O)nc3cc(Cl)ccc23)CC1c1ccccc1. The highest BCUT2D eigenvalue weighted by molar-refractivity contribution is 6.31. The molecular formula is C25H23ClN4O. The molecule has 0 amide bonds. The number of nitrogens with zero attached hydrogens (tertiary/aromatic N) is 4. The molecule has 1 aliphatic heterocycles. The minimum Gasteiger partial charge on any atom is -0.507 e. The van der Waals surface area contributed by atoms with Crippen LogP contribution in [0.5, 0.6) is 5.75 Å². The van der Waals surface area contributed by atoms with Crippen LogP contribution >= 0.6 is 11.6 Å². The number of benzene rings is 3. The number of piperazine rings is 1. The van der Waals surface area contributed by atoms with E-state index in [4.69, 9.17) is 21.6 Å². The van der Waals surface area contributed by atoms with Gasteiger partial charge in [-0.05, 0) is 42.9 Å². The predicted octanol–water partition coefficient (Wildman–Crippen LogP) is 5.15. The van der Waals surface area contributed by atoms with E-state index in [9.17, 15) is 5.11 Å². The molecule has 1 aromatic heterocycles. The largest absolute Gasteiger partial charge is 0.507 e. The van der Waals surface area contributed by atoms with Gasteiger partial charge in [-0.1, -0.05) is 54.1 Å². The van der Waals surface area contributed by atoms with Crippen molar-refractivity contribution in [1.82, 2.24) is 14.9 Å². The van der Waals surface area contributed by atoms with E-state index in [0.717, 1.165) is 36.4 Å². The first-order valence-electron chi connectivity index (χ1n) is 10.4. The molecule has 1 atom stereocenters. The average Bonchev–Trinajstić information content (AvgIpc) is 2.79.